The van der Waals surface area contributed by atoms with Crippen LogP contribution in [-0.2, 0) is 0 Å². The quantitative estimate of drug-likeness (QED) is 0.585. The van der Waals surface area contributed by atoms with Gasteiger partial charge in [-0.15, -0.1) is 0 Å². The normalized spacial score (nSPS) is 10.2. The third-order valence-electron chi connectivity index (χ3n) is 1.74. The van der Waals surface area contributed by atoms with Gasteiger partial charge in [0.15, 0.2) is 0 Å². The number of anilines is 1. The van der Waals surface area contributed by atoms with E-state index in [0.717, 1.165) is 11.3 Å². The van der Waals surface area contributed by atoms with E-state index in [-0.39, 0.29) is 11.2 Å². The maximum absolute atomic E-state index is 10.9. The van der Waals surface area contributed by atoms with Crippen molar-refractivity contribution in [3.05, 3.63) is 34.9 Å². The number of aromatic amines is 2. The molecule has 0 atom stereocenters. The summed E-state index contributed by atoms with van der Waals surface area (Å²) in [6.07, 6.45) is 3.23. The van der Waals surface area contributed by atoms with Crippen molar-refractivity contribution in [1.29, 1.82) is 0 Å². The summed E-state index contributed by atoms with van der Waals surface area (Å²) in [7, 11) is 0. The van der Waals surface area contributed by atoms with Gasteiger partial charge in [-0.05, 0) is 12.1 Å². The van der Waals surface area contributed by atoms with E-state index in [9.17, 15) is 4.79 Å². The predicted octanol–water partition coefficient (Wildman–Crippen LogP) is 0.347. The van der Waals surface area contributed by atoms with Crippen molar-refractivity contribution in [3.8, 4) is 11.3 Å². The Hall–Kier alpha value is -2.04. The number of H-pyrrole nitrogens is 2. The fourth-order valence-electron chi connectivity index (χ4n) is 1.07. The van der Waals surface area contributed by atoms with Gasteiger partial charge in [0.05, 0.1) is 11.4 Å². The predicted molar refractivity (Wildman–Crippen MR) is 49.1 cm³/mol. The molecule has 2 rings (SSSR count). The fraction of sp³-hybridized carbons (Fsp3) is 0. The number of nitrogens with one attached hydrogen (secondary N) is 2. The standard InChI is InChI=1S/C8H8N4O/c9-6-3-5(4-10-8(6)13)7-1-2-11-12-7/h1-4H,9H2,(H,10,13)(H,11,12). The fourth-order valence-corrected chi connectivity index (χ4v) is 1.07. The second-order valence-electron chi connectivity index (χ2n) is 2.64. The Morgan fingerprint density at radius 3 is 2.92 bits per heavy atom. The molecular formula is C8H8N4O. The van der Waals surface area contributed by atoms with E-state index in [1.165, 1.54) is 0 Å². The van der Waals surface area contributed by atoms with E-state index >= 15 is 0 Å². The van der Waals surface area contributed by atoms with E-state index in [0.29, 0.717) is 0 Å². The Morgan fingerprint density at radius 2 is 2.31 bits per heavy atom. The second-order valence-corrected chi connectivity index (χ2v) is 2.64. The van der Waals surface area contributed by atoms with Crippen LogP contribution in [0.15, 0.2) is 29.3 Å². The van der Waals surface area contributed by atoms with Gasteiger partial charge in [0.25, 0.3) is 5.56 Å². The van der Waals surface area contributed by atoms with Crippen molar-refractivity contribution in [2.75, 3.05) is 5.73 Å². The van der Waals surface area contributed by atoms with Crippen molar-refractivity contribution in [2.45, 2.75) is 0 Å². The highest BCUT2D eigenvalue weighted by molar-refractivity contribution is 5.61. The summed E-state index contributed by atoms with van der Waals surface area (Å²) < 4.78 is 0. The zero-order valence-electron chi connectivity index (χ0n) is 6.74. The smallest absolute Gasteiger partial charge is 0.271 e. The van der Waals surface area contributed by atoms with Gasteiger partial charge in [-0.2, -0.15) is 5.10 Å². The van der Waals surface area contributed by atoms with Crippen LogP contribution in [-0.4, -0.2) is 15.2 Å². The van der Waals surface area contributed by atoms with Gasteiger partial charge in [-0.25, -0.2) is 0 Å². The van der Waals surface area contributed by atoms with Gasteiger partial charge >= 0.3 is 0 Å². The van der Waals surface area contributed by atoms with E-state index in [1.54, 1.807) is 24.5 Å². The zero-order chi connectivity index (χ0) is 9.26. The van der Waals surface area contributed by atoms with Crippen molar-refractivity contribution in [2.24, 2.45) is 0 Å². The minimum atomic E-state index is -0.275. The molecule has 5 nitrogen and oxygen atoms in total. The molecule has 0 aliphatic carbocycles. The molecule has 0 amide bonds. The molecule has 0 saturated carbocycles. The maximum atomic E-state index is 10.9. The lowest BCUT2D eigenvalue weighted by Gasteiger charge is -1.97. The third-order valence-corrected chi connectivity index (χ3v) is 1.74. The van der Waals surface area contributed by atoms with Gasteiger partial charge in [0, 0.05) is 18.0 Å². The Morgan fingerprint density at radius 1 is 1.46 bits per heavy atom. The minimum absolute atomic E-state index is 0.201. The molecule has 5 heteroatoms. The van der Waals surface area contributed by atoms with Crippen molar-refractivity contribution >= 4 is 5.69 Å². The molecule has 0 spiro atoms. The number of pyridine rings is 1. The van der Waals surface area contributed by atoms with Crippen LogP contribution in [0.4, 0.5) is 5.69 Å². The van der Waals surface area contributed by atoms with Crippen LogP contribution in [0.3, 0.4) is 0 Å². The van der Waals surface area contributed by atoms with Crippen molar-refractivity contribution in [1.82, 2.24) is 15.2 Å². The summed E-state index contributed by atoms with van der Waals surface area (Å²) in [6, 6.07) is 3.40. The van der Waals surface area contributed by atoms with Crippen LogP contribution in [0.1, 0.15) is 0 Å². The number of aromatic nitrogens is 3. The summed E-state index contributed by atoms with van der Waals surface area (Å²) in [6.45, 7) is 0. The van der Waals surface area contributed by atoms with Gasteiger partial charge < -0.3 is 10.7 Å². The van der Waals surface area contributed by atoms with E-state index in [2.05, 4.69) is 15.2 Å². The highest BCUT2D eigenvalue weighted by Crippen LogP contribution is 2.14. The lowest BCUT2D eigenvalue weighted by molar-refractivity contribution is 1.09. The Kier molecular flexibility index (Phi) is 1.63. The van der Waals surface area contributed by atoms with Crippen LogP contribution in [0.5, 0.6) is 0 Å². The van der Waals surface area contributed by atoms with Gasteiger partial charge in [-0.1, -0.05) is 0 Å². The molecule has 2 heterocycles. The number of hydrogen-bond acceptors (Lipinski definition) is 3. The average Bonchev–Trinajstić information content (AvgIpc) is 2.62. The minimum Gasteiger partial charge on any atom is -0.394 e. The molecule has 4 N–H and O–H groups in total. The first-order valence-electron chi connectivity index (χ1n) is 3.75. The lowest BCUT2D eigenvalue weighted by Crippen LogP contribution is -2.10. The van der Waals surface area contributed by atoms with Crippen molar-refractivity contribution in [3.63, 3.8) is 0 Å². The lowest BCUT2D eigenvalue weighted by atomic mass is 10.2. The first kappa shape index (κ1) is 7.60. The first-order chi connectivity index (χ1) is 6.27. The second kappa shape index (κ2) is 2.78. The monoisotopic (exact) mass is 176 g/mol. The molecule has 0 aliphatic heterocycles. The largest absolute Gasteiger partial charge is 0.394 e. The summed E-state index contributed by atoms with van der Waals surface area (Å²) in [4.78, 5) is 13.5. The topological polar surface area (TPSA) is 87.6 Å². The first-order valence-corrected chi connectivity index (χ1v) is 3.75. The van der Waals surface area contributed by atoms with Crippen LogP contribution in [0, 0.1) is 0 Å². The van der Waals surface area contributed by atoms with Crippen molar-refractivity contribution < 1.29 is 0 Å². The molecule has 0 fully saturated rings. The Balaban J connectivity index is 2.55. The molecule has 0 bridgehead atoms. The van der Waals surface area contributed by atoms with Gasteiger partial charge in [-0.3, -0.25) is 9.89 Å². The number of hydrogen-bond donors (Lipinski definition) is 3. The zero-order valence-corrected chi connectivity index (χ0v) is 6.74. The number of rotatable bonds is 1. The molecule has 0 aliphatic rings. The highest BCUT2D eigenvalue weighted by atomic mass is 16.1. The number of nitrogens with two attached hydrogens (primary N) is 1. The average molecular weight is 176 g/mol. The highest BCUT2D eigenvalue weighted by Gasteiger charge is 2.00. The Bertz CT molecular complexity index is 457. The molecule has 2 aromatic heterocycles. The molecule has 13 heavy (non-hydrogen) atoms. The number of nitrogen functional groups attached to an aromatic ring is 1. The summed E-state index contributed by atoms with van der Waals surface area (Å²) in [5.41, 5.74) is 7.01. The molecule has 0 radical (unpaired) electrons. The number of nitrogens with zero attached hydrogens (tertiary/aromatic N) is 1. The third kappa shape index (κ3) is 1.31. The molecule has 0 aromatic carbocycles. The van der Waals surface area contributed by atoms with Crippen LogP contribution in [0.2, 0.25) is 0 Å². The molecule has 0 unspecified atom stereocenters. The van der Waals surface area contributed by atoms with E-state index < -0.39 is 0 Å². The Labute approximate surface area is 73.6 Å². The summed E-state index contributed by atoms with van der Waals surface area (Å²) >= 11 is 0. The summed E-state index contributed by atoms with van der Waals surface area (Å²) in [5, 5.41) is 6.57. The SMILES string of the molecule is Nc1cc(-c2ccn[nH]2)c[nH]c1=O. The van der Waals surface area contributed by atoms with Crippen LogP contribution >= 0.6 is 0 Å². The van der Waals surface area contributed by atoms with E-state index in [4.69, 9.17) is 5.73 Å². The molecule has 2 aromatic rings. The van der Waals surface area contributed by atoms with E-state index in [1.807, 2.05) is 0 Å². The van der Waals surface area contributed by atoms with Gasteiger partial charge in [0.2, 0.25) is 0 Å². The molecule has 66 valence electrons. The van der Waals surface area contributed by atoms with Crippen LogP contribution in [0.25, 0.3) is 11.3 Å². The van der Waals surface area contributed by atoms with Gasteiger partial charge in [0.1, 0.15) is 0 Å². The summed E-state index contributed by atoms with van der Waals surface area (Å²) in [5.74, 6) is 0. The van der Waals surface area contributed by atoms with Crippen LogP contribution < -0.4 is 11.3 Å². The maximum Gasteiger partial charge on any atom is 0.271 e. The molecule has 0 saturated heterocycles. The molecular weight excluding hydrogens is 168 g/mol.